The number of furan rings is 1. The van der Waals surface area contributed by atoms with Crippen LogP contribution in [0.5, 0.6) is 5.75 Å². The number of nitrogens with zero attached hydrogens (tertiary/aromatic N) is 2. The van der Waals surface area contributed by atoms with Gasteiger partial charge in [-0.05, 0) is 60.4 Å². The van der Waals surface area contributed by atoms with E-state index in [-0.39, 0.29) is 23.6 Å². The molecule has 3 aromatic rings. The van der Waals surface area contributed by atoms with Crippen molar-refractivity contribution in [1.29, 1.82) is 0 Å². The first kappa shape index (κ1) is 23.1. The Hall–Kier alpha value is -3.12. The summed E-state index contributed by atoms with van der Waals surface area (Å²) in [4.78, 5) is 16.8. The zero-order chi connectivity index (χ0) is 23.4. The highest BCUT2D eigenvalue weighted by molar-refractivity contribution is 5.73. The predicted molar refractivity (Wildman–Crippen MR) is 125 cm³/mol. The number of rotatable bonds is 8. The standard InChI is InChI=1S/C27H31FN2O3/c1-19-4-11-26(33-19)17-29-15-23(27(18-29)22-7-12-25(32-3)13-8-22)16-30(20(2)31)14-21-5-9-24(28)10-6-21/h4-13,23,27H,14-18H2,1-3H3/t23-,27-/m0/s1. The second-order valence-electron chi connectivity index (χ2n) is 8.87. The molecule has 1 aliphatic rings. The van der Waals surface area contributed by atoms with E-state index in [1.807, 2.05) is 36.1 Å². The molecule has 1 fully saturated rings. The van der Waals surface area contributed by atoms with Crippen LogP contribution in [-0.2, 0) is 17.9 Å². The molecule has 6 heteroatoms. The summed E-state index contributed by atoms with van der Waals surface area (Å²) in [6.45, 7) is 7.16. The monoisotopic (exact) mass is 450 g/mol. The van der Waals surface area contributed by atoms with Crippen LogP contribution in [0.1, 0.15) is 35.5 Å². The summed E-state index contributed by atoms with van der Waals surface area (Å²) in [5, 5.41) is 0. The number of amides is 1. The summed E-state index contributed by atoms with van der Waals surface area (Å²) in [7, 11) is 1.67. The maximum Gasteiger partial charge on any atom is 0.219 e. The van der Waals surface area contributed by atoms with Crippen LogP contribution < -0.4 is 4.74 Å². The molecule has 1 aromatic heterocycles. The molecule has 0 unspecified atom stereocenters. The van der Waals surface area contributed by atoms with E-state index in [2.05, 4.69) is 17.0 Å². The molecule has 0 radical (unpaired) electrons. The van der Waals surface area contributed by atoms with Crippen LogP contribution in [0.2, 0.25) is 0 Å². The summed E-state index contributed by atoms with van der Waals surface area (Å²) < 4.78 is 24.5. The van der Waals surface area contributed by atoms with Crippen molar-refractivity contribution in [2.45, 2.75) is 32.9 Å². The van der Waals surface area contributed by atoms with E-state index in [9.17, 15) is 9.18 Å². The Morgan fingerprint density at radius 1 is 1.09 bits per heavy atom. The lowest BCUT2D eigenvalue weighted by atomic mass is 9.88. The van der Waals surface area contributed by atoms with E-state index in [1.165, 1.54) is 17.7 Å². The minimum absolute atomic E-state index is 0.0212. The van der Waals surface area contributed by atoms with Crippen LogP contribution in [0.15, 0.2) is 65.1 Å². The molecule has 33 heavy (non-hydrogen) atoms. The third-order valence-electron chi connectivity index (χ3n) is 6.42. The third-order valence-corrected chi connectivity index (χ3v) is 6.42. The Morgan fingerprint density at radius 3 is 2.42 bits per heavy atom. The molecule has 1 aliphatic heterocycles. The fourth-order valence-electron chi connectivity index (χ4n) is 4.69. The molecule has 1 amide bonds. The highest BCUT2D eigenvalue weighted by atomic mass is 19.1. The second-order valence-corrected chi connectivity index (χ2v) is 8.87. The first-order valence-electron chi connectivity index (χ1n) is 11.3. The van der Waals surface area contributed by atoms with Crippen LogP contribution in [0.4, 0.5) is 4.39 Å². The van der Waals surface area contributed by atoms with Crippen LogP contribution >= 0.6 is 0 Å². The van der Waals surface area contributed by atoms with Crippen molar-refractivity contribution in [3.05, 3.63) is 89.1 Å². The van der Waals surface area contributed by atoms with Crippen molar-refractivity contribution in [3.63, 3.8) is 0 Å². The van der Waals surface area contributed by atoms with Gasteiger partial charge >= 0.3 is 0 Å². The quantitative estimate of drug-likeness (QED) is 0.485. The second kappa shape index (κ2) is 10.2. The molecule has 1 saturated heterocycles. The number of likely N-dealkylation sites (tertiary alicyclic amines) is 1. The Balaban J connectivity index is 1.53. The third kappa shape index (κ3) is 5.82. The molecule has 0 saturated carbocycles. The summed E-state index contributed by atoms with van der Waals surface area (Å²) in [5.41, 5.74) is 2.16. The molecule has 4 rings (SSSR count). The molecule has 0 aliphatic carbocycles. The molecule has 0 bridgehead atoms. The van der Waals surface area contributed by atoms with Crippen LogP contribution in [-0.4, -0.2) is 42.5 Å². The Kier molecular flexibility index (Phi) is 7.14. The van der Waals surface area contributed by atoms with Gasteiger partial charge in [0.25, 0.3) is 0 Å². The summed E-state index contributed by atoms with van der Waals surface area (Å²) in [6, 6.07) is 18.6. The lowest BCUT2D eigenvalue weighted by Gasteiger charge is -2.28. The summed E-state index contributed by atoms with van der Waals surface area (Å²) >= 11 is 0. The van der Waals surface area contributed by atoms with E-state index in [1.54, 1.807) is 26.2 Å². The topological polar surface area (TPSA) is 45.9 Å². The van der Waals surface area contributed by atoms with Crippen LogP contribution in [0.25, 0.3) is 0 Å². The normalized spacial score (nSPS) is 18.4. The molecular formula is C27H31FN2O3. The predicted octanol–water partition coefficient (Wildman–Crippen LogP) is 5.00. The number of methoxy groups -OCH3 is 1. The number of halogens is 1. The minimum Gasteiger partial charge on any atom is -0.497 e. The molecule has 2 atom stereocenters. The number of benzene rings is 2. The Morgan fingerprint density at radius 2 is 1.82 bits per heavy atom. The smallest absolute Gasteiger partial charge is 0.219 e. The van der Waals surface area contributed by atoms with Gasteiger partial charge in [-0.25, -0.2) is 4.39 Å². The van der Waals surface area contributed by atoms with Crippen LogP contribution in [0, 0.1) is 18.7 Å². The fraction of sp³-hybridized carbons (Fsp3) is 0.370. The van der Waals surface area contributed by atoms with E-state index in [0.717, 1.165) is 42.5 Å². The number of hydrogen-bond donors (Lipinski definition) is 0. The average molecular weight is 451 g/mol. The summed E-state index contributed by atoms with van der Waals surface area (Å²) in [6.07, 6.45) is 0. The molecule has 5 nitrogen and oxygen atoms in total. The molecule has 0 spiro atoms. The van der Waals surface area contributed by atoms with Crippen molar-refractivity contribution in [1.82, 2.24) is 9.80 Å². The number of carbonyl (C=O) groups is 1. The van der Waals surface area contributed by atoms with Gasteiger partial charge in [0.1, 0.15) is 23.1 Å². The molecule has 2 aromatic carbocycles. The Labute approximate surface area is 194 Å². The largest absolute Gasteiger partial charge is 0.497 e. The van der Waals surface area contributed by atoms with Crippen molar-refractivity contribution in [3.8, 4) is 5.75 Å². The number of aryl methyl sites for hydroxylation is 1. The van der Waals surface area contributed by atoms with Crippen molar-refractivity contribution in [2.75, 3.05) is 26.7 Å². The number of hydrogen-bond acceptors (Lipinski definition) is 4. The molecule has 0 N–H and O–H groups in total. The van der Waals surface area contributed by atoms with E-state index in [4.69, 9.17) is 9.15 Å². The van der Waals surface area contributed by atoms with Gasteiger partial charge in [-0.1, -0.05) is 24.3 Å². The zero-order valence-electron chi connectivity index (χ0n) is 19.5. The summed E-state index contributed by atoms with van der Waals surface area (Å²) in [5.74, 6) is 2.99. The zero-order valence-corrected chi connectivity index (χ0v) is 19.5. The lowest BCUT2D eigenvalue weighted by molar-refractivity contribution is -0.130. The number of carbonyl (C=O) groups excluding carboxylic acids is 1. The molecule has 174 valence electrons. The van der Waals surface area contributed by atoms with Gasteiger partial charge in [0, 0.05) is 39.0 Å². The van der Waals surface area contributed by atoms with E-state index >= 15 is 0 Å². The lowest BCUT2D eigenvalue weighted by Crippen LogP contribution is -2.35. The maximum absolute atomic E-state index is 13.3. The van der Waals surface area contributed by atoms with Gasteiger partial charge in [0.05, 0.1) is 13.7 Å². The van der Waals surface area contributed by atoms with Gasteiger partial charge in [-0.15, -0.1) is 0 Å². The van der Waals surface area contributed by atoms with E-state index < -0.39 is 0 Å². The highest BCUT2D eigenvalue weighted by Crippen LogP contribution is 2.35. The van der Waals surface area contributed by atoms with Gasteiger partial charge in [0.15, 0.2) is 0 Å². The van der Waals surface area contributed by atoms with E-state index in [0.29, 0.717) is 13.1 Å². The van der Waals surface area contributed by atoms with Crippen molar-refractivity contribution in [2.24, 2.45) is 5.92 Å². The molecule has 2 heterocycles. The SMILES string of the molecule is COc1ccc([C@@H]2CN(Cc3ccc(C)o3)C[C@H]2CN(Cc2ccc(F)cc2)C(C)=O)cc1. The first-order valence-corrected chi connectivity index (χ1v) is 11.3. The maximum atomic E-state index is 13.3. The van der Waals surface area contributed by atoms with Gasteiger partial charge in [-0.3, -0.25) is 9.69 Å². The Bertz CT molecular complexity index is 1060. The van der Waals surface area contributed by atoms with Crippen molar-refractivity contribution >= 4 is 5.91 Å². The average Bonchev–Trinajstić information content (AvgIpc) is 3.40. The minimum atomic E-state index is -0.271. The fourth-order valence-corrected chi connectivity index (χ4v) is 4.69. The van der Waals surface area contributed by atoms with Gasteiger partial charge in [-0.2, -0.15) is 0 Å². The highest BCUT2D eigenvalue weighted by Gasteiger charge is 2.35. The van der Waals surface area contributed by atoms with Gasteiger partial charge < -0.3 is 14.1 Å². The molecular weight excluding hydrogens is 419 g/mol. The van der Waals surface area contributed by atoms with Gasteiger partial charge in [0.2, 0.25) is 5.91 Å². The van der Waals surface area contributed by atoms with Crippen molar-refractivity contribution < 1.29 is 18.3 Å². The first-order chi connectivity index (χ1) is 15.9. The van der Waals surface area contributed by atoms with Crippen LogP contribution in [0.3, 0.4) is 0 Å². The number of ether oxygens (including phenoxy) is 1.